The van der Waals surface area contributed by atoms with E-state index in [4.69, 9.17) is 72.1 Å². The number of methoxy groups -OCH3 is 2. The van der Waals surface area contributed by atoms with Crippen LogP contribution in [0.4, 0.5) is 17.1 Å². The van der Waals surface area contributed by atoms with Crippen molar-refractivity contribution in [3.8, 4) is 0 Å². The van der Waals surface area contributed by atoms with Crippen molar-refractivity contribution in [2.24, 2.45) is 4.99 Å². The topological polar surface area (TPSA) is 417 Å². The van der Waals surface area contributed by atoms with Crippen LogP contribution in [0.1, 0.15) is 125 Å². The number of carboxylic acids is 1. The standard InChI is InChI=1S/C18H17BrN2OS.C18H15BrN2OS.C13H13NO3S.C12H13NO2S.C12H11NO2S.C8H10S.C6H6BrN.C5H4ClNO3.C2H4O2.CH2O3.B.2K.Mn.Na.2O.2H/c2*1-13-4-2-3-5-14(13)12-23-18-21-11-17(22-18)10-20-16-8-6-15(19)7-9-16;1-9-5-3-4-6-10(9)8-18-13-14-7-11(17-13)12(15)16-2;2*1-9-4-2-3-5-10(9)8-16-12-13-6-11(7-14)15-12;1-7-4-2-3-5-8(7)6-9;7-5-1-3-6(8)4-2-5;1-9-4(8)3-2-7-5(6)10-3;1-2(3)4;2-1-4-3;;;;;;;;;/h2-9,11,20H,10,12H2,1H3;2-11H,12H2,1H3;3-7H,8H2,1-2H3;2-6,14H,7-8H2,1H3;2-7H,8H2,1H3;2-5,9H,6H2,1H3;1-4H,8H2;2H,1H3;1H3,(H,3,4);1,3H;;;;;;;;;/q;;;;;;;;;;;2*+1;;+1;;;2*-1/p-1. The van der Waals surface area contributed by atoms with Gasteiger partial charge < -0.3 is 70.2 Å². The molecule has 0 aliphatic heterocycles. The van der Waals surface area contributed by atoms with Crippen LogP contribution in [0.2, 0.25) is 5.35 Å². The second kappa shape index (κ2) is 76.9. The summed E-state index contributed by atoms with van der Waals surface area (Å²) in [6.45, 7) is 14.0. The first kappa shape index (κ1) is 129. The average molecular weight is 2300 g/mol. The monoisotopic (exact) mass is 2300 g/mol. The number of nitrogen functional groups attached to an aromatic ring is 1. The van der Waals surface area contributed by atoms with Crippen molar-refractivity contribution >= 4 is 193 Å². The maximum absolute atomic E-state index is 11.2. The SMILES string of the molecule is CC(=O)O.COC(=O)c1cnc(Cl)o1.COC(=O)c1cnc(SCc2ccccc2C)o1.Cc1ccccc1CS.Cc1ccccc1CSc1ncc(C=Nc2ccc(Br)cc2)o1.Cc1ccccc1CSc1ncc(C=O)o1.Cc1ccccc1CSc1ncc(CNc2ccc(Br)cc2)o1.Cc1ccccc1CSc1ncc(CO)o1.Nc1ccc(Br)cc1.O=CO[O-].[B].[H-].[H-].[K+].[K+].[Na+].[O]=[Mn]=[O]. The molecule has 0 atom stereocenters. The number of benzene rings is 9. The van der Waals surface area contributed by atoms with Crippen LogP contribution in [-0.4, -0.2) is 99.6 Å². The molecule has 0 amide bonds. The molecule has 0 saturated heterocycles. The quantitative estimate of drug-likeness (QED) is 0.00387. The zero-order valence-electron chi connectivity index (χ0n) is 79.1. The number of aliphatic hydroxyl groups excluding tert-OH is 1. The molecule has 0 saturated carbocycles. The number of nitrogens with two attached hydrogens (primary N) is 1. The fraction of sp³-hybridized carbons (Fsp3) is 0.179. The van der Waals surface area contributed by atoms with Crippen molar-refractivity contribution < 1.29 is 238 Å². The molecule has 712 valence electrons. The number of anilines is 2. The van der Waals surface area contributed by atoms with Crippen molar-refractivity contribution in [1.29, 1.82) is 0 Å². The van der Waals surface area contributed by atoms with E-state index in [0.717, 1.165) is 77.7 Å². The minimum absolute atomic E-state index is 0. The van der Waals surface area contributed by atoms with Crippen LogP contribution in [0.5, 0.6) is 0 Å². The number of carboxylic acid groups (broad SMARTS) is 1. The van der Waals surface area contributed by atoms with Crippen LogP contribution < -0.4 is 149 Å². The summed E-state index contributed by atoms with van der Waals surface area (Å²) in [7, 11) is 2.56. The first-order chi connectivity index (χ1) is 64.6. The summed E-state index contributed by atoms with van der Waals surface area (Å²) < 4.78 is 60.7. The number of esters is 2. The van der Waals surface area contributed by atoms with E-state index in [1.165, 1.54) is 135 Å². The Morgan fingerprint density at radius 2 is 0.797 bits per heavy atom. The molecular formula is C95H96BBr3ClK2MnN9NaO19S6. The number of hydrogen-bond donors (Lipinski definition) is 5. The molecule has 6 aromatic heterocycles. The van der Waals surface area contributed by atoms with Gasteiger partial charge in [0.1, 0.15) is 12.4 Å². The van der Waals surface area contributed by atoms with Gasteiger partial charge in [-0.15, -0.1) is 0 Å². The number of aryl methyl sites for hydroxylation is 6. The van der Waals surface area contributed by atoms with Crippen molar-refractivity contribution in [3.05, 3.63) is 376 Å². The number of rotatable bonds is 26. The number of oxazole rings is 6. The number of aliphatic hydroxyl groups is 1. The molecule has 0 aliphatic rings. The van der Waals surface area contributed by atoms with Crippen LogP contribution >= 0.6 is 131 Å². The summed E-state index contributed by atoms with van der Waals surface area (Å²) in [5.74, 6) is 5.41. The fourth-order valence-corrected chi connectivity index (χ4v) is 15.6. The number of aliphatic imine (C=N–C) groups is 1. The molecule has 3 radical (unpaired) electrons. The van der Waals surface area contributed by atoms with E-state index in [9.17, 15) is 14.4 Å². The van der Waals surface area contributed by atoms with Crippen LogP contribution in [0.15, 0.2) is 327 Å². The number of hydrogen-bond acceptors (Lipinski definition) is 33. The number of carbonyl (C=O) groups is 5. The van der Waals surface area contributed by atoms with E-state index < -0.39 is 32.7 Å². The molecule has 0 aliphatic carbocycles. The Morgan fingerprint density at radius 1 is 0.493 bits per heavy atom. The first-order valence-electron chi connectivity index (χ1n) is 39.4. The van der Waals surface area contributed by atoms with E-state index in [1.54, 1.807) is 48.3 Å². The number of halogens is 4. The molecule has 5 N–H and O–H groups in total. The van der Waals surface area contributed by atoms with Gasteiger partial charge in [-0.3, -0.25) is 19.4 Å². The Balaban J connectivity index is 0. The number of nitrogens with zero attached hydrogens (tertiary/aromatic N) is 7. The van der Waals surface area contributed by atoms with Crippen LogP contribution in [0, 0.1) is 41.5 Å². The molecule has 0 spiro atoms. The van der Waals surface area contributed by atoms with E-state index in [2.05, 4.69) is 252 Å². The minimum atomic E-state index is -1.44. The summed E-state index contributed by atoms with van der Waals surface area (Å²) in [6.07, 6.45) is 11.4. The third-order valence-electron chi connectivity index (χ3n) is 17.0. The second-order valence-electron chi connectivity index (χ2n) is 26.6. The van der Waals surface area contributed by atoms with Crippen molar-refractivity contribution in [2.75, 3.05) is 25.3 Å². The number of aliphatic carboxylic acids is 1. The summed E-state index contributed by atoms with van der Waals surface area (Å²) >= 11 is 25.8. The molecule has 0 unspecified atom stereocenters. The van der Waals surface area contributed by atoms with Gasteiger partial charge in [0, 0.05) is 74.6 Å². The van der Waals surface area contributed by atoms with Crippen LogP contribution in [0.25, 0.3) is 0 Å². The molecule has 0 fully saturated rings. The maximum atomic E-state index is 11.2. The Bertz CT molecular complexity index is 6070. The Labute approximate surface area is 975 Å². The van der Waals surface area contributed by atoms with Gasteiger partial charge in [-0.25, -0.2) is 39.5 Å². The van der Waals surface area contributed by atoms with Crippen molar-refractivity contribution in [3.63, 3.8) is 0 Å². The fourth-order valence-electron chi connectivity index (χ4n) is 9.85. The van der Waals surface area contributed by atoms with E-state index in [1.807, 2.05) is 127 Å². The summed E-state index contributed by atoms with van der Waals surface area (Å²) in [5.41, 5.74) is 23.4. The van der Waals surface area contributed by atoms with Gasteiger partial charge in [0.2, 0.25) is 11.5 Å². The number of aldehydes is 1. The molecular weight excluding hydrogens is 2210 g/mol. The molecule has 15 rings (SSSR count). The summed E-state index contributed by atoms with van der Waals surface area (Å²) in [5, 5.41) is 30.9. The van der Waals surface area contributed by atoms with Gasteiger partial charge >= 0.3 is 167 Å². The van der Waals surface area contributed by atoms with Crippen LogP contribution in [0.3, 0.4) is 0 Å². The predicted molar refractivity (Wildman–Crippen MR) is 537 cm³/mol. The first-order valence-corrected chi connectivity index (χ1v) is 48.7. The third kappa shape index (κ3) is 54.7. The van der Waals surface area contributed by atoms with Crippen molar-refractivity contribution in [2.45, 2.75) is 122 Å². The summed E-state index contributed by atoms with van der Waals surface area (Å²) in [6, 6.07) is 72.9. The number of thiol groups is 1. The molecule has 28 nitrogen and oxygen atoms in total. The van der Waals surface area contributed by atoms with Gasteiger partial charge in [-0.2, -0.15) is 12.6 Å². The molecule has 0 bridgehead atoms. The van der Waals surface area contributed by atoms with Gasteiger partial charge in [-0.1, -0.05) is 252 Å². The summed E-state index contributed by atoms with van der Waals surface area (Å²) in [4.78, 5) is 81.0. The second-order valence-corrected chi connectivity index (χ2v) is 34.8. The van der Waals surface area contributed by atoms with E-state index >= 15 is 0 Å². The molecule has 15 aromatic rings. The van der Waals surface area contributed by atoms with Gasteiger partial charge in [0.25, 0.3) is 43.9 Å². The number of thioether (sulfide) groups is 5. The number of carbonyl (C=O) groups excluding carboxylic acids is 4. The Kier molecular flexibility index (Phi) is 72.0. The van der Waals surface area contributed by atoms with E-state index in [0.29, 0.717) is 50.5 Å². The van der Waals surface area contributed by atoms with E-state index in [-0.39, 0.29) is 179 Å². The zero-order valence-corrected chi connectivity index (χ0v) is 97.1. The number of ether oxygens (including phenoxy) is 2. The van der Waals surface area contributed by atoms with Gasteiger partial charge in [-0.05, 0) is 193 Å². The third-order valence-corrected chi connectivity index (χ3v) is 23.5. The normalized spacial score (nSPS) is 9.68. The molecule has 9 aromatic carbocycles. The number of nitrogens with one attached hydrogen (secondary N) is 1. The van der Waals surface area contributed by atoms with Crippen LogP contribution in [-0.2, 0) is 94.1 Å². The Hall–Kier alpha value is -6.73. The van der Waals surface area contributed by atoms with Gasteiger partial charge in [0.15, 0.2) is 23.6 Å². The number of aromatic nitrogens is 6. The molecule has 43 heteroatoms. The predicted octanol–water partition coefficient (Wildman–Crippen LogP) is 15.1. The molecule has 138 heavy (non-hydrogen) atoms. The van der Waals surface area contributed by atoms with Gasteiger partial charge in [0.05, 0.1) is 69.8 Å². The van der Waals surface area contributed by atoms with Crippen molar-refractivity contribution in [1.82, 2.24) is 29.9 Å². The zero-order chi connectivity index (χ0) is 97.8. The Morgan fingerprint density at radius 3 is 1.12 bits per heavy atom. The average Bonchev–Trinajstić information content (AvgIpc) is 1.76. The molecule has 6 heterocycles.